The van der Waals surface area contributed by atoms with Crippen molar-refractivity contribution in [3.63, 3.8) is 0 Å². The van der Waals surface area contributed by atoms with Crippen molar-refractivity contribution in [3.05, 3.63) is 54.0 Å². The third kappa shape index (κ3) is 1.93. The fourth-order valence-corrected chi connectivity index (χ4v) is 1.90. The molecule has 0 radical (unpaired) electrons. The number of fused-ring (bicyclic) bond motifs is 1. The van der Waals surface area contributed by atoms with Gasteiger partial charge < -0.3 is 4.74 Å². The van der Waals surface area contributed by atoms with Gasteiger partial charge >= 0.3 is 0 Å². The minimum atomic E-state index is 0.750. The molecule has 2 heterocycles. The number of aromatic nitrogens is 3. The Bertz CT molecular complexity index is 703. The Morgan fingerprint density at radius 3 is 2.83 bits per heavy atom. The highest BCUT2D eigenvalue weighted by atomic mass is 16.5. The van der Waals surface area contributed by atoms with Gasteiger partial charge in [-0.1, -0.05) is 17.7 Å². The highest BCUT2D eigenvalue weighted by Gasteiger charge is 2.03. The molecular formula is C14H13N3O. The first-order valence-corrected chi connectivity index (χ1v) is 5.77. The molecule has 0 unspecified atom stereocenters. The van der Waals surface area contributed by atoms with E-state index < -0.39 is 0 Å². The first-order chi connectivity index (χ1) is 8.72. The van der Waals surface area contributed by atoms with Crippen molar-refractivity contribution in [2.75, 3.05) is 0 Å². The summed E-state index contributed by atoms with van der Waals surface area (Å²) in [5, 5.41) is 4.08. The second-order valence-electron chi connectivity index (χ2n) is 4.30. The quantitative estimate of drug-likeness (QED) is 0.689. The Morgan fingerprint density at radius 1 is 1.11 bits per heavy atom. The van der Waals surface area contributed by atoms with Crippen LogP contribution in [0.15, 0.2) is 42.9 Å². The Hall–Kier alpha value is -2.36. The van der Waals surface area contributed by atoms with Gasteiger partial charge in [0.05, 0.1) is 6.20 Å². The zero-order chi connectivity index (χ0) is 12.5. The Labute approximate surface area is 105 Å². The highest BCUT2D eigenvalue weighted by Crippen LogP contribution is 2.25. The molecule has 0 N–H and O–H groups in total. The van der Waals surface area contributed by atoms with Crippen LogP contribution in [0.3, 0.4) is 0 Å². The van der Waals surface area contributed by atoms with E-state index in [-0.39, 0.29) is 0 Å². The highest BCUT2D eigenvalue weighted by molar-refractivity contribution is 5.43. The Kier molecular flexibility index (Phi) is 2.48. The lowest BCUT2D eigenvalue weighted by Crippen LogP contribution is -1.92. The van der Waals surface area contributed by atoms with E-state index >= 15 is 0 Å². The van der Waals surface area contributed by atoms with Crippen LogP contribution >= 0.6 is 0 Å². The summed E-state index contributed by atoms with van der Waals surface area (Å²) in [6.45, 7) is 4.11. The standard InChI is InChI=1S/C14H13N3O/c1-10-3-5-13(11(2)7-10)18-12-4-6-14-15-9-16-17(14)8-12/h3-9H,1-2H3. The molecule has 0 amide bonds. The molecule has 90 valence electrons. The normalized spacial score (nSPS) is 10.8. The van der Waals surface area contributed by atoms with Gasteiger partial charge in [-0.3, -0.25) is 0 Å². The average molecular weight is 239 g/mol. The number of pyridine rings is 1. The minimum absolute atomic E-state index is 0.750. The number of hydrogen-bond acceptors (Lipinski definition) is 3. The molecule has 0 saturated heterocycles. The van der Waals surface area contributed by atoms with Crippen LogP contribution in [0.25, 0.3) is 5.65 Å². The maximum absolute atomic E-state index is 5.85. The van der Waals surface area contributed by atoms with Gasteiger partial charge in [0, 0.05) is 0 Å². The second kappa shape index (κ2) is 4.14. The molecule has 4 heteroatoms. The molecule has 0 bridgehead atoms. The van der Waals surface area contributed by atoms with Crippen LogP contribution in [0.1, 0.15) is 11.1 Å². The summed E-state index contributed by atoms with van der Waals surface area (Å²) in [7, 11) is 0. The largest absolute Gasteiger partial charge is 0.455 e. The van der Waals surface area contributed by atoms with Crippen molar-refractivity contribution in [1.29, 1.82) is 0 Å². The molecule has 2 aromatic heterocycles. The SMILES string of the molecule is Cc1ccc(Oc2ccc3ncnn3c2)c(C)c1. The third-order valence-electron chi connectivity index (χ3n) is 2.81. The maximum Gasteiger partial charge on any atom is 0.155 e. The predicted molar refractivity (Wildman–Crippen MR) is 69.0 cm³/mol. The fraction of sp³-hybridized carbons (Fsp3) is 0.143. The van der Waals surface area contributed by atoms with E-state index in [1.807, 2.05) is 37.4 Å². The smallest absolute Gasteiger partial charge is 0.155 e. The van der Waals surface area contributed by atoms with Crippen LogP contribution < -0.4 is 4.74 Å². The molecule has 0 atom stereocenters. The number of aryl methyl sites for hydroxylation is 2. The zero-order valence-corrected chi connectivity index (χ0v) is 10.3. The lowest BCUT2D eigenvalue weighted by molar-refractivity contribution is 0.474. The summed E-state index contributed by atoms with van der Waals surface area (Å²) in [4.78, 5) is 4.09. The van der Waals surface area contributed by atoms with Crippen LogP contribution in [0, 0.1) is 13.8 Å². The van der Waals surface area contributed by atoms with E-state index in [1.54, 1.807) is 4.52 Å². The molecule has 0 aliphatic carbocycles. The zero-order valence-electron chi connectivity index (χ0n) is 10.3. The summed E-state index contributed by atoms with van der Waals surface area (Å²) in [5.41, 5.74) is 3.16. The first kappa shape index (κ1) is 10.8. The average Bonchev–Trinajstić information content (AvgIpc) is 2.80. The number of ether oxygens (including phenoxy) is 1. The van der Waals surface area contributed by atoms with Gasteiger partial charge in [-0.15, -0.1) is 0 Å². The lowest BCUT2D eigenvalue weighted by atomic mass is 10.1. The predicted octanol–water partition coefficient (Wildman–Crippen LogP) is 3.14. The molecule has 18 heavy (non-hydrogen) atoms. The van der Waals surface area contributed by atoms with Crippen molar-refractivity contribution in [2.24, 2.45) is 0 Å². The van der Waals surface area contributed by atoms with Gasteiger partial charge in [0.1, 0.15) is 17.8 Å². The van der Waals surface area contributed by atoms with Crippen molar-refractivity contribution < 1.29 is 4.74 Å². The molecule has 0 aliphatic rings. The van der Waals surface area contributed by atoms with Gasteiger partial charge in [-0.25, -0.2) is 9.50 Å². The van der Waals surface area contributed by atoms with Gasteiger partial charge in [0.15, 0.2) is 5.65 Å². The van der Waals surface area contributed by atoms with Gasteiger partial charge in [0.25, 0.3) is 0 Å². The monoisotopic (exact) mass is 239 g/mol. The Balaban J connectivity index is 1.95. The van der Waals surface area contributed by atoms with Crippen LogP contribution in [-0.4, -0.2) is 14.6 Å². The van der Waals surface area contributed by atoms with E-state index in [2.05, 4.69) is 23.1 Å². The van der Waals surface area contributed by atoms with Gasteiger partial charge in [-0.2, -0.15) is 5.10 Å². The molecule has 3 rings (SSSR count). The van der Waals surface area contributed by atoms with E-state index in [0.717, 1.165) is 22.7 Å². The number of nitrogens with zero attached hydrogens (tertiary/aromatic N) is 3. The van der Waals surface area contributed by atoms with Crippen LogP contribution in [0.5, 0.6) is 11.5 Å². The van der Waals surface area contributed by atoms with Gasteiger partial charge in [0.2, 0.25) is 0 Å². The second-order valence-corrected chi connectivity index (χ2v) is 4.30. The molecular weight excluding hydrogens is 226 g/mol. The molecule has 0 aliphatic heterocycles. The maximum atomic E-state index is 5.85. The first-order valence-electron chi connectivity index (χ1n) is 5.77. The number of hydrogen-bond donors (Lipinski definition) is 0. The minimum Gasteiger partial charge on any atom is -0.455 e. The molecule has 1 aromatic carbocycles. The summed E-state index contributed by atoms with van der Waals surface area (Å²) < 4.78 is 7.55. The molecule has 4 nitrogen and oxygen atoms in total. The summed E-state index contributed by atoms with van der Waals surface area (Å²) >= 11 is 0. The molecule has 0 fully saturated rings. The summed E-state index contributed by atoms with van der Waals surface area (Å²) in [6, 6.07) is 9.89. The van der Waals surface area contributed by atoms with Crippen molar-refractivity contribution >= 4 is 5.65 Å². The van der Waals surface area contributed by atoms with E-state index in [4.69, 9.17) is 4.74 Å². The summed E-state index contributed by atoms with van der Waals surface area (Å²) in [5.74, 6) is 1.61. The van der Waals surface area contributed by atoms with Gasteiger partial charge in [-0.05, 0) is 37.6 Å². The van der Waals surface area contributed by atoms with Crippen LogP contribution in [0.2, 0.25) is 0 Å². The molecule has 0 saturated carbocycles. The van der Waals surface area contributed by atoms with Crippen LogP contribution in [-0.2, 0) is 0 Å². The molecule has 0 spiro atoms. The third-order valence-corrected chi connectivity index (χ3v) is 2.81. The van der Waals surface area contributed by atoms with Crippen molar-refractivity contribution in [2.45, 2.75) is 13.8 Å². The lowest BCUT2D eigenvalue weighted by Gasteiger charge is -2.09. The van der Waals surface area contributed by atoms with E-state index in [0.29, 0.717) is 0 Å². The number of benzene rings is 1. The topological polar surface area (TPSA) is 39.4 Å². The fourth-order valence-electron chi connectivity index (χ4n) is 1.90. The summed E-state index contributed by atoms with van der Waals surface area (Å²) in [6.07, 6.45) is 3.35. The van der Waals surface area contributed by atoms with Crippen LogP contribution in [0.4, 0.5) is 0 Å². The van der Waals surface area contributed by atoms with Crippen molar-refractivity contribution in [3.8, 4) is 11.5 Å². The number of rotatable bonds is 2. The van der Waals surface area contributed by atoms with Crippen molar-refractivity contribution in [1.82, 2.24) is 14.6 Å². The van der Waals surface area contributed by atoms with E-state index in [9.17, 15) is 0 Å². The van der Waals surface area contributed by atoms with E-state index in [1.165, 1.54) is 11.9 Å². The Morgan fingerprint density at radius 2 is 2.00 bits per heavy atom. The molecule has 3 aromatic rings.